The average molecular weight is 334 g/mol. The van der Waals surface area contributed by atoms with Gasteiger partial charge in [-0.3, -0.25) is 9.80 Å². The monoisotopic (exact) mass is 334 g/mol. The fourth-order valence-electron chi connectivity index (χ4n) is 3.61. The van der Waals surface area contributed by atoms with Gasteiger partial charge in [0.1, 0.15) is 11.4 Å². The summed E-state index contributed by atoms with van der Waals surface area (Å²) in [6.07, 6.45) is 0. The van der Waals surface area contributed by atoms with E-state index in [1.54, 1.807) is 7.11 Å². The maximum absolute atomic E-state index is 6.24. The molecule has 2 heterocycles. The summed E-state index contributed by atoms with van der Waals surface area (Å²) in [6, 6.07) is 8.86. The van der Waals surface area contributed by atoms with Gasteiger partial charge in [-0.15, -0.1) is 0 Å². The Kier molecular flexibility index (Phi) is 5.76. The summed E-state index contributed by atoms with van der Waals surface area (Å²) in [5.41, 5.74) is 1.11. The van der Waals surface area contributed by atoms with E-state index in [1.807, 2.05) is 12.1 Å². The molecule has 1 spiro atoms. The smallest absolute Gasteiger partial charge is 0.118 e. The SMILES string of the molecule is COc1ccc(CN2CCOC3(COCCN(C(C)C)C3)C2)cc1. The van der Waals surface area contributed by atoms with Crippen molar-refractivity contribution in [1.82, 2.24) is 9.80 Å². The van der Waals surface area contributed by atoms with Gasteiger partial charge in [0.15, 0.2) is 0 Å². The Hall–Kier alpha value is -1.14. The van der Waals surface area contributed by atoms with Gasteiger partial charge in [-0.2, -0.15) is 0 Å². The standard InChI is InChI=1S/C19H30N2O3/c1-16(2)21-9-10-23-15-19(14-21)13-20(8-11-24-19)12-17-4-6-18(22-3)7-5-17/h4-7,16H,8-15H2,1-3H3. The number of rotatable bonds is 4. The van der Waals surface area contributed by atoms with Gasteiger partial charge >= 0.3 is 0 Å². The molecule has 2 aliphatic heterocycles. The molecule has 0 radical (unpaired) electrons. The van der Waals surface area contributed by atoms with E-state index in [4.69, 9.17) is 14.2 Å². The van der Waals surface area contributed by atoms with Gasteiger partial charge in [-0.25, -0.2) is 0 Å². The maximum Gasteiger partial charge on any atom is 0.118 e. The zero-order chi connectivity index (χ0) is 17.0. The molecule has 1 atom stereocenters. The highest BCUT2D eigenvalue weighted by atomic mass is 16.5. The van der Waals surface area contributed by atoms with Crippen molar-refractivity contribution in [3.8, 4) is 5.75 Å². The van der Waals surface area contributed by atoms with Crippen molar-refractivity contribution < 1.29 is 14.2 Å². The number of hydrogen-bond acceptors (Lipinski definition) is 5. The van der Waals surface area contributed by atoms with Gasteiger partial charge in [0.25, 0.3) is 0 Å². The van der Waals surface area contributed by atoms with Crippen LogP contribution in [0.2, 0.25) is 0 Å². The van der Waals surface area contributed by atoms with Crippen molar-refractivity contribution >= 4 is 0 Å². The number of nitrogens with zero attached hydrogens (tertiary/aromatic N) is 2. The first-order chi connectivity index (χ1) is 11.6. The van der Waals surface area contributed by atoms with Crippen LogP contribution in [0, 0.1) is 0 Å². The summed E-state index contributed by atoms with van der Waals surface area (Å²) < 4.78 is 17.4. The van der Waals surface area contributed by atoms with Crippen LogP contribution in [-0.4, -0.2) is 74.6 Å². The maximum atomic E-state index is 6.24. The van der Waals surface area contributed by atoms with Crippen LogP contribution in [0.15, 0.2) is 24.3 Å². The molecule has 5 heteroatoms. The van der Waals surface area contributed by atoms with Crippen LogP contribution in [-0.2, 0) is 16.0 Å². The molecule has 5 nitrogen and oxygen atoms in total. The zero-order valence-electron chi connectivity index (χ0n) is 15.2. The summed E-state index contributed by atoms with van der Waals surface area (Å²) in [5.74, 6) is 0.905. The van der Waals surface area contributed by atoms with Crippen LogP contribution in [0.4, 0.5) is 0 Å². The Bertz CT molecular complexity index is 520. The Morgan fingerprint density at radius 3 is 2.62 bits per heavy atom. The van der Waals surface area contributed by atoms with Gasteiger partial charge in [0.05, 0.1) is 26.9 Å². The predicted molar refractivity (Wildman–Crippen MR) is 94.5 cm³/mol. The van der Waals surface area contributed by atoms with Gasteiger partial charge in [0.2, 0.25) is 0 Å². The van der Waals surface area contributed by atoms with Crippen LogP contribution in [0.1, 0.15) is 19.4 Å². The first kappa shape index (κ1) is 17.7. The van der Waals surface area contributed by atoms with E-state index < -0.39 is 0 Å². The average Bonchev–Trinajstić information content (AvgIpc) is 2.78. The van der Waals surface area contributed by atoms with Crippen LogP contribution in [0.5, 0.6) is 5.75 Å². The quantitative estimate of drug-likeness (QED) is 0.841. The highest BCUT2D eigenvalue weighted by Gasteiger charge is 2.40. The third kappa shape index (κ3) is 4.28. The van der Waals surface area contributed by atoms with Crippen LogP contribution >= 0.6 is 0 Å². The van der Waals surface area contributed by atoms with Crippen molar-refractivity contribution in [2.75, 3.05) is 53.1 Å². The molecule has 0 bridgehead atoms. The lowest BCUT2D eigenvalue weighted by molar-refractivity contribution is -0.144. The van der Waals surface area contributed by atoms with Gasteiger partial charge in [-0.1, -0.05) is 12.1 Å². The molecule has 0 saturated carbocycles. The molecule has 24 heavy (non-hydrogen) atoms. The summed E-state index contributed by atoms with van der Waals surface area (Å²) in [7, 11) is 1.70. The van der Waals surface area contributed by atoms with Crippen molar-refractivity contribution in [2.45, 2.75) is 32.0 Å². The fourth-order valence-corrected chi connectivity index (χ4v) is 3.61. The molecular weight excluding hydrogens is 304 g/mol. The second-order valence-electron chi connectivity index (χ2n) is 7.21. The van der Waals surface area contributed by atoms with E-state index >= 15 is 0 Å². The van der Waals surface area contributed by atoms with E-state index in [1.165, 1.54) is 5.56 Å². The van der Waals surface area contributed by atoms with Crippen molar-refractivity contribution in [2.24, 2.45) is 0 Å². The molecule has 3 rings (SSSR count). The molecule has 1 aromatic rings. The molecule has 1 unspecified atom stereocenters. The highest BCUT2D eigenvalue weighted by Crippen LogP contribution is 2.25. The van der Waals surface area contributed by atoms with Crippen molar-refractivity contribution in [1.29, 1.82) is 0 Å². The van der Waals surface area contributed by atoms with Crippen molar-refractivity contribution in [3.05, 3.63) is 29.8 Å². The molecule has 2 aliphatic rings. The number of ether oxygens (including phenoxy) is 3. The topological polar surface area (TPSA) is 34.2 Å². The lowest BCUT2D eigenvalue weighted by Crippen LogP contribution is -2.59. The van der Waals surface area contributed by atoms with Gasteiger partial charge in [0, 0.05) is 38.8 Å². The zero-order valence-corrected chi connectivity index (χ0v) is 15.2. The number of benzene rings is 1. The first-order valence-electron chi connectivity index (χ1n) is 8.91. The van der Waals surface area contributed by atoms with Crippen LogP contribution in [0.3, 0.4) is 0 Å². The van der Waals surface area contributed by atoms with Crippen molar-refractivity contribution in [3.63, 3.8) is 0 Å². The number of methoxy groups -OCH3 is 1. The first-order valence-corrected chi connectivity index (χ1v) is 8.91. The van der Waals surface area contributed by atoms with Gasteiger partial charge in [-0.05, 0) is 31.5 Å². The molecule has 0 aliphatic carbocycles. The van der Waals surface area contributed by atoms with E-state index in [0.29, 0.717) is 12.6 Å². The lowest BCUT2D eigenvalue weighted by Gasteiger charge is -2.44. The minimum Gasteiger partial charge on any atom is -0.497 e. The van der Waals surface area contributed by atoms with Crippen LogP contribution in [0.25, 0.3) is 0 Å². The van der Waals surface area contributed by atoms with E-state index in [9.17, 15) is 0 Å². The lowest BCUT2D eigenvalue weighted by atomic mass is 10.0. The number of morpholine rings is 1. The summed E-state index contributed by atoms with van der Waals surface area (Å²) in [5, 5.41) is 0. The molecule has 1 aromatic carbocycles. The summed E-state index contributed by atoms with van der Waals surface area (Å²) in [6.45, 7) is 11.5. The molecule has 0 amide bonds. The Morgan fingerprint density at radius 1 is 1.12 bits per heavy atom. The number of hydrogen-bond donors (Lipinski definition) is 0. The fraction of sp³-hybridized carbons (Fsp3) is 0.684. The summed E-state index contributed by atoms with van der Waals surface area (Å²) >= 11 is 0. The second-order valence-corrected chi connectivity index (χ2v) is 7.21. The molecule has 0 aromatic heterocycles. The Balaban J connectivity index is 1.66. The molecule has 2 saturated heterocycles. The largest absolute Gasteiger partial charge is 0.497 e. The van der Waals surface area contributed by atoms with Gasteiger partial charge < -0.3 is 14.2 Å². The molecular formula is C19H30N2O3. The normalized spacial score (nSPS) is 26.7. The van der Waals surface area contributed by atoms with E-state index in [2.05, 4.69) is 35.8 Å². The minimum absolute atomic E-state index is 0.203. The van der Waals surface area contributed by atoms with E-state index in [0.717, 1.165) is 51.7 Å². The Labute approximate surface area is 145 Å². The predicted octanol–water partition coefficient (Wildman–Crippen LogP) is 2.01. The van der Waals surface area contributed by atoms with Crippen LogP contribution < -0.4 is 4.74 Å². The molecule has 2 fully saturated rings. The minimum atomic E-state index is -0.203. The Morgan fingerprint density at radius 2 is 1.92 bits per heavy atom. The molecule has 134 valence electrons. The van der Waals surface area contributed by atoms with E-state index in [-0.39, 0.29) is 5.60 Å². The highest BCUT2D eigenvalue weighted by molar-refractivity contribution is 5.27. The third-order valence-electron chi connectivity index (χ3n) is 5.00. The third-order valence-corrected chi connectivity index (χ3v) is 5.00. The second kappa shape index (κ2) is 7.83. The molecule has 0 N–H and O–H groups in total. The summed E-state index contributed by atoms with van der Waals surface area (Å²) in [4.78, 5) is 4.96.